The molecule has 1 unspecified atom stereocenters. The van der Waals surface area contributed by atoms with Gasteiger partial charge in [-0.3, -0.25) is 0 Å². The van der Waals surface area contributed by atoms with E-state index in [1.807, 2.05) is 26.8 Å². The molecule has 1 aromatic carbocycles. The third-order valence-corrected chi connectivity index (χ3v) is 5.50. The summed E-state index contributed by atoms with van der Waals surface area (Å²) in [5.41, 5.74) is 7.00. The van der Waals surface area contributed by atoms with Crippen molar-refractivity contribution in [2.45, 2.75) is 44.6 Å². The lowest BCUT2D eigenvalue weighted by Crippen LogP contribution is -2.34. The first-order chi connectivity index (χ1) is 9.28. The highest BCUT2D eigenvalue weighted by atomic mass is 35.5. The summed E-state index contributed by atoms with van der Waals surface area (Å²) in [6, 6.07) is 7.14. The number of nitrogens with two attached hydrogens (primary N) is 1. The maximum atomic E-state index is 12.5. The summed E-state index contributed by atoms with van der Waals surface area (Å²) in [6.45, 7) is 6.54. The van der Waals surface area contributed by atoms with Gasteiger partial charge in [0.1, 0.15) is 0 Å². The Hall–Kier alpha value is -0.620. The molecule has 1 aromatic rings. The molecular weight excluding hydrogens is 308 g/mol. The number of rotatable bonds is 7. The van der Waals surface area contributed by atoms with Gasteiger partial charge in [-0.1, -0.05) is 32.9 Å². The van der Waals surface area contributed by atoms with E-state index in [1.54, 1.807) is 25.2 Å². The molecule has 0 aliphatic rings. The summed E-state index contributed by atoms with van der Waals surface area (Å²) in [5, 5.41) is 0. The summed E-state index contributed by atoms with van der Waals surface area (Å²) < 4.78 is 26.3. The van der Waals surface area contributed by atoms with Crippen molar-refractivity contribution < 1.29 is 8.42 Å². The standard InChI is InChI=1S/C15H26N2O2S.ClH/c1-5-13-7-6-8-14(11-13)20(18,19)17(4)10-9-15(16)12(2)3;/h6-8,11-12,15H,5,9-10,16H2,1-4H3;1H. The van der Waals surface area contributed by atoms with E-state index in [-0.39, 0.29) is 18.4 Å². The molecule has 1 rings (SSSR count). The predicted molar refractivity (Wildman–Crippen MR) is 90.3 cm³/mol. The van der Waals surface area contributed by atoms with Crippen LogP contribution in [0.5, 0.6) is 0 Å². The van der Waals surface area contributed by atoms with Crippen LogP contribution >= 0.6 is 12.4 Å². The number of benzene rings is 1. The number of sulfonamides is 1. The molecule has 0 bridgehead atoms. The van der Waals surface area contributed by atoms with Crippen LogP contribution in [0.25, 0.3) is 0 Å². The Bertz CT molecular complexity index is 532. The van der Waals surface area contributed by atoms with Gasteiger partial charge < -0.3 is 5.73 Å². The average Bonchev–Trinajstić information content (AvgIpc) is 2.43. The molecule has 0 heterocycles. The summed E-state index contributed by atoms with van der Waals surface area (Å²) in [4.78, 5) is 0.359. The molecule has 0 saturated heterocycles. The minimum absolute atomic E-state index is 0. The van der Waals surface area contributed by atoms with Gasteiger partial charge in [0.05, 0.1) is 4.90 Å². The van der Waals surface area contributed by atoms with E-state index in [2.05, 4.69) is 0 Å². The van der Waals surface area contributed by atoms with Gasteiger partial charge in [-0.05, 0) is 36.5 Å². The lowest BCUT2D eigenvalue weighted by atomic mass is 10.0. The highest BCUT2D eigenvalue weighted by molar-refractivity contribution is 7.89. The SMILES string of the molecule is CCc1cccc(S(=O)(=O)N(C)CCC(N)C(C)C)c1.Cl. The molecule has 0 aliphatic heterocycles. The van der Waals surface area contributed by atoms with Crippen molar-refractivity contribution in [2.75, 3.05) is 13.6 Å². The van der Waals surface area contributed by atoms with E-state index >= 15 is 0 Å². The zero-order valence-electron chi connectivity index (χ0n) is 13.2. The van der Waals surface area contributed by atoms with Crippen LogP contribution in [0, 0.1) is 5.92 Å². The van der Waals surface area contributed by atoms with Gasteiger partial charge in [-0.15, -0.1) is 12.4 Å². The van der Waals surface area contributed by atoms with Gasteiger partial charge >= 0.3 is 0 Å². The second kappa shape index (κ2) is 8.73. The molecule has 21 heavy (non-hydrogen) atoms. The van der Waals surface area contributed by atoms with Gasteiger partial charge in [0.2, 0.25) is 10.0 Å². The summed E-state index contributed by atoms with van der Waals surface area (Å²) in [5.74, 6) is 0.356. The highest BCUT2D eigenvalue weighted by Crippen LogP contribution is 2.17. The van der Waals surface area contributed by atoms with Crippen LogP contribution in [0.2, 0.25) is 0 Å². The quantitative estimate of drug-likeness (QED) is 0.833. The van der Waals surface area contributed by atoms with Crippen molar-refractivity contribution in [3.05, 3.63) is 29.8 Å². The Balaban J connectivity index is 0.00000400. The van der Waals surface area contributed by atoms with Crippen molar-refractivity contribution >= 4 is 22.4 Å². The molecule has 0 aromatic heterocycles. The predicted octanol–water partition coefficient (Wildman–Crippen LogP) is 2.66. The van der Waals surface area contributed by atoms with Crippen LogP contribution in [0.1, 0.15) is 32.8 Å². The van der Waals surface area contributed by atoms with Crippen molar-refractivity contribution in [1.29, 1.82) is 0 Å². The van der Waals surface area contributed by atoms with Gasteiger partial charge in [0.15, 0.2) is 0 Å². The van der Waals surface area contributed by atoms with Crippen molar-refractivity contribution in [3.63, 3.8) is 0 Å². The minimum Gasteiger partial charge on any atom is -0.327 e. The van der Waals surface area contributed by atoms with Crippen molar-refractivity contribution in [2.24, 2.45) is 11.7 Å². The lowest BCUT2D eigenvalue weighted by Gasteiger charge is -2.21. The molecule has 0 aliphatic carbocycles. The molecule has 2 N–H and O–H groups in total. The molecule has 1 atom stereocenters. The van der Waals surface area contributed by atoms with Crippen molar-refractivity contribution in [3.8, 4) is 0 Å². The van der Waals surface area contributed by atoms with E-state index in [9.17, 15) is 8.42 Å². The molecule has 0 saturated carbocycles. The number of aryl methyl sites for hydroxylation is 1. The fraction of sp³-hybridized carbons (Fsp3) is 0.600. The van der Waals surface area contributed by atoms with Crippen LogP contribution in [0.15, 0.2) is 29.2 Å². The second-order valence-electron chi connectivity index (χ2n) is 5.52. The van der Waals surface area contributed by atoms with Crippen molar-refractivity contribution in [1.82, 2.24) is 4.31 Å². The maximum Gasteiger partial charge on any atom is 0.242 e. The van der Waals surface area contributed by atoms with E-state index in [4.69, 9.17) is 5.73 Å². The molecule has 6 heteroatoms. The Morgan fingerprint density at radius 2 is 1.90 bits per heavy atom. The van der Waals surface area contributed by atoms with E-state index in [0.717, 1.165) is 12.0 Å². The zero-order chi connectivity index (χ0) is 15.3. The van der Waals surface area contributed by atoms with E-state index < -0.39 is 10.0 Å². The fourth-order valence-corrected chi connectivity index (χ4v) is 3.15. The largest absolute Gasteiger partial charge is 0.327 e. The first-order valence-electron chi connectivity index (χ1n) is 7.10. The molecule has 0 amide bonds. The van der Waals surface area contributed by atoms with Crippen LogP contribution in [-0.2, 0) is 16.4 Å². The van der Waals surface area contributed by atoms with Gasteiger partial charge in [0, 0.05) is 19.6 Å². The molecular formula is C15H27ClN2O2S. The number of halogens is 1. The third-order valence-electron chi connectivity index (χ3n) is 3.65. The molecule has 0 fully saturated rings. The van der Waals surface area contributed by atoms with E-state index in [1.165, 1.54) is 4.31 Å². The highest BCUT2D eigenvalue weighted by Gasteiger charge is 2.21. The molecule has 122 valence electrons. The monoisotopic (exact) mass is 334 g/mol. The van der Waals surface area contributed by atoms with Gasteiger partial charge in [0.25, 0.3) is 0 Å². The van der Waals surface area contributed by atoms with Crippen LogP contribution in [0.4, 0.5) is 0 Å². The first-order valence-corrected chi connectivity index (χ1v) is 8.54. The Labute approximate surface area is 135 Å². The molecule has 0 radical (unpaired) electrons. The maximum absolute atomic E-state index is 12.5. The summed E-state index contributed by atoms with van der Waals surface area (Å²) >= 11 is 0. The normalized spacial score (nSPS) is 13.3. The number of nitrogens with zero attached hydrogens (tertiary/aromatic N) is 1. The lowest BCUT2D eigenvalue weighted by molar-refractivity contribution is 0.397. The second-order valence-corrected chi connectivity index (χ2v) is 7.57. The number of hydrogen-bond acceptors (Lipinski definition) is 3. The molecule has 4 nitrogen and oxygen atoms in total. The smallest absolute Gasteiger partial charge is 0.242 e. The van der Waals surface area contributed by atoms with Crippen LogP contribution in [-0.4, -0.2) is 32.4 Å². The third kappa shape index (κ3) is 5.58. The van der Waals surface area contributed by atoms with Gasteiger partial charge in [-0.2, -0.15) is 0 Å². The van der Waals surface area contributed by atoms with Gasteiger partial charge in [-0.25, -0.2) is 12.7 Å². The summed E-state index contributed by atoms with van der Waals surface area (Å²) in [6.07, 6.45) is 1.49. The summed E-state index contributed by atoms with van der Waals surface area (Å²) in [7, 11) is -1.80. The number of hydrogen-bond donors (Lipinski definition) is 1. The first kappa shape index (κ1) is 20.4. The zero-order valence-corrected chi connectivity index (χ0v) is 14.9. The Kier molecular flexibility index (Phi) is 8.48. The minimum atomic E-state index is -3.42. The topological polar surface area (TPSA) is 63.4 Å². The van der Waals surface area contributed by atoms with E-state index in [0.29, 0.717) is 23.8 Å². The Morgan fingerprint density at radius 1 is 1.29 bits per heavy atom. The average molecular weight is 335 g/mol. The van der Waals surface area contributed by atoms with Crippen LogP contribution in [0.3, 0.4) is 0 Å². The fourth-order valence-electron chi connectivity index (χ4n) is 1.89. The molecule has 0 spiro atoms. The Morgan fingerprint density at radius 3 is 2.43 bits per heavy atom. The van der Waals surface area contributed by atoms with Crippen LogP contribution < -0.4 is 5.73 Å².